The number of aryl methyl sites for hydroxylation is 1. The van der Waals surface area contributed by atoms with Gasteiger partial charge in [-0.1, -0.05) is 0 Å². The molecule has 0 fully saturated rings. The second kappa shape index (κ2) is 5.98. The summed E-state index contributed by atoms with van der Waals surface area (Å²) in [5.41, 5.74) is 0.623. The highest BCUT2D eigenvalue weighted by Crippen LogP contribution is 2.20. The molecule has 2 rings (SSSR count). The van der Waals surface area contributed by atoms with E-state index in [0.717, 1.165) is 0 Å². The van der Waals surface area contributed by atoms with E-state index in [0.29, 0.717) is 17.2 Å². The van der Waals surface area contributed by atoms with Gasteiger partial charge in [0.2, 0.25) is 10.0 Å². The first-order valence-electron chi connectivity index (χ1n) is 6.56. The van der Waals surface area contributed by atoms with E-state index >= 15 is 0 Å². The monoisotopic (exact) mass is 326 g/mol. The molecule has 2 aromatic rings. The maximum absolute atomic E-state index is 12.4. The number of rotatable bonds is 5. The fraction of sp³-hybridized carbons (Fsp3) is 0.357. The zero-order valence-corrected chi connectivity index (χ0v) is 13.7. The third-order valence-electron chi connectivity index (χ3n) is 3.41. The quantitative estimate of drug-likeness (QED) is 0.841. The molecule has 0 aliphatic carbocycles. The van der Waals surface area contributed by atoms with Crippen molar-refractivity contribution in [1.82, 2.24) is 9.29 Å². The lowest BCUT2D eigenvalue weighted by molar-refractivity contribution is 0.0589. The standard InChI is InChI=1S/C14H18N2O5S/c1-9-5-6-11(21-9)8-15-22(18,19)13-7-12(14(17)20-4)16(3)10(13)2/h5-7,15H,8H2,1-4H3. The predicted molar refractivity (Wildman–Crippen MR) is 79.0 cm³/mol. The van der Waals surface area contributed by atoms with Crippen LogP contribution in [0.25, 0.3) is 0 Å². The van der Waals surface area contributed by atoms with Crippen LogP contribution in [-0.4, -0.2) is 26.1 Å². The Morgan fingerprint density at radius 1 is 1.36 bits per heavy atom. The number of aromatic nitrogens is 1. The second-order valence-corrected chi connectivity index (χ2v) is 6.60. The zero-order valence-electron chi connectivity index (χ0n) is 12.8. The summed E-state index contributed by atoms with van der Waals surface area (Å²) >= 11 is 0. The van der Waals surface area contributed by atoms with Gasteiger partial charge in [0, 0.05) is 12.7 Å². The Kier molecular flexibility index (Phi) is 4.43. The summed E-state index contributed by atoms with van der Waals surface area (Å²) in [6, 6.07) is 4.76. The molecule has 0 atom stereocenters. The van der Waals surface area contributed by atoms with Gasteiger partial charge >= 0.3 is 5.97 Å². The van der Waals surface area contributed by atoms with Gasteiger partial charge in [-0.3, -0.25) is 0 Å². The number of carbonyl (C=O) groups is 1. The molecule has 120 valence electrons. The molecule has 1 N–H and O–H groups in total. The maximum Gasteiger partial charge on any atom is 0.354 e. The molecule has 0 radical (unpaired) electrons. The van der Waals surface area contributed by atoms with E-state index < -0.39 is 16.0 Å². The Morgan fingerprint density at radius 3 is 2.59 bits per heavy atom. The largest absolute Gasteiger partial charge is 0.465 e. The topological polar surface area (TPSA) is 90.5 Å². The smallest absolute Gasteiger partial charge is 0.354 e. The van der Waals surface area contributed by atoms with Crippen LogP contribution in [0, 0.1) is 13.8 Å². The van der Waals surface area contributed by atoms with E-state index in [-0.39, 0.29) is 17.1 Å². The molecule has 0 unspecified atom stereocenters. The molecule has 0 aliphatic rings. The summed E-state index contributed by atoms with van der Waals surface area (Å²) < 4.78 is 38.7. The highest BCUT2D eigenvalue weighted by Gasteiger charge is 2.24. The first-order valence-corrected chi connectivity index (χ1v) is 8.04. The average Bonchev–Trinajstić information content (AvgIpc) is 3.02. The molecule has 0 aliphatic heterocycles. The van der Waals surface area contributed by atoms with Crippen molar-refractivity contribution in [3.63, 3.8) is 0 Å². The van der Waals surface area contributed by atoms with Crippen LogP contribution in [0.2, 0.25) is 0 Å². The maximum atomic E-state index is 12.4. The van der Waals surface area contributed by atoms with Gasteiger partial charge in [0.25, 0.3) is 0 Å². The SMILES string of the molecule is COC(=O)c1cc(S(=O)(=O)NCc2ccc(C)o2)c(C)n1C. The summed E-state index contributed by atoms with van der Waals surface area (Å²) in [5.74, 6) is 0.634. The summed E-state index contributed by atoms with van der Waals surface area (Å²) in [4.78, 5) is 11.7. The normalized spacial score (nSPS) is 11.6. The lowest BCUT2D eigenvalue weighted by Crippen LogP contribution is -2.23. The van der Waals surface area contributed by atoms with E-state index in [2.05, 4.69) is 9.46 Å². The molecule has 2 aromatic heterocycles. The van der Waals surface area contributed by atoms with Crippen molar-refractivity contribution in [2.45, 2.75) is 25.3 Å². The van der Waals surface area contributed by atoms with Crippen molar-refractivity contribution < 1.29 is 22.4 Å². The van der Waals surface area contributed by atoms with Gasteiger partial charge in [0.05, 0.1) is 13.7 Å². The summed E-state index contributed by atoms with van der Waals surface area (Å²) in [6.07, 6.45) is 0. The molecule has 0 bridgehead atoms. The number of carbonyl (C=O) groups excluding carboxylic acids is 1. The molecule has 8 heteroatoms. The molecule has 7 nitrogen and oxygen atoms in total. The van der Waals surface area contributed by atoms with Gasteiger partial charge < -0.3 is 13.7 Å². The number of furan rings is 1. The Labute approximate surface area is 128 Å². The van der Waals surface area contributed by atoms with Crippen molar-refractivity contribution in [3.05, 3.63) is 41.1 Å². The van der Waals surface area contributed by atoms with Crippen LogP contribution >= 0.6 is 0 Å². The molecule has 0 saturated heterocycles. The number of sulfonamides is 1. The average molecular weight is 326 g/mol. The summed E-state index contributed by atoms with van der Waals surface area (Å²) in [6.45, 7) is 3.44. The van der Waals surface area contributed by atoms with Gasteiger partial charge in [-0.05, 0) is 32.0 Å². The van der Waals surface area contributed by atoms with Gasteiger partial charge in [-0.15, -0.1) is 0 Å². The lowest BCUT2D eigenvalue weighted by Gasteiger charge is -2.05. The number of methoxy groups -OCH3 is 1. The van der Waals surface area contributed by atoms with Gasteiger partial charge in [0.1, 0.15) is 22.1 Å². The number of hydrogen-bond acceptors (Lipinski definition) is 5. The fourth-order valence-corrected chi connectivity index (χ4v) is 3.35. The number of nitrogens with zero attached hydrogens (tertiary/aromatic N) is 1. The van der Waals surface area contributed by atoms with E-state index in [1.807, 2.05) is 0 Å². The number of ether oxygens (including phenoxy) is 1. The van der Waals surface area contributed by atoms with Crippen LogP contribution < -0.4 is 4.72 Å². The van der Waals surface area contributed by atoms with Gasteiger partial charge in [0.15, 0.2) is 0 Å². The first kappa shape index (κ1) is 16.3. The Hall–Kier alpha value is -2.06. The van der Waals surface area contributed by atoms with Crippen molar-refractivity contribution >= 4 is 16.0 Å². The van der Waals surface area contributed by atoms with Crippen LogP contribution in [0.15, 0.2) is 27.5 Å². The minimum absolute atomic E-state index is 0.0397. The van der Waals surface area contributed by atoms with Crippen LogP contribution in [0.1, 0.15) is 27.7 Å². The molecule has 22 heavy (non-hydrogen) atoms. The Balaban J connectivity index is 2.27. The van der Waals surface area contributed by atoms with Crippen LogP contribution in [0.3, 0.4) is 0 Å². The van der Waals surface area contributed by atoms with Crippen molar-refractivity contribution in [2.75, 3.05) is 7.11 Å². The summed E-state index contributed by atoms with van der Waals surface area (Å²) in [7, 11) is -0.908. The fourth-order valence-electron chi connectivity index (χ4n) is 2.07. The van der Waals surface area contributed by atoms with Crippen molar-refractivity contribution in [2.24, 2.45) is 7.05 Å². The molecule has 0 amide bonds. The van der Waals surface area contributed by atoms with Crippen molar-refractivity contribution in [1.29, 1.82) is 0 Å². The third kappa shape index (κ3) is 3.07. The van der Waals surface area contributed by atoms with Crippen LogP contribution in [-0.2, 0) is 28.4 Å². The second-order valence-electron chi connectivity index (χ2n) is 4.87. The number of hydrogen-bond donors (Lipinski definition) is 1. The number of nitrogens with one attached hydrogen (secondary N) is 1. The molecule has 0 saturated carbocycles. The molecular weight excluding hydrogens is 308 g/mol. The highest BCUT2D eigenvalue weighted by atomic mass is 32.2. The molecule has 0 aromatic carbocycles. The number of esters is 1. The van der Waals surface area contributed by atoms with E-state index in [4.69, 9.17) is 4.42 Å². The van der Waals surface area contributed by atoms with Crippen LogP contribution in [0.5, 0.6) is 0 Å². The first-order chi connectivity index (χ1) is 10.3. The third-order valence-corrected chi connectivity index (χ3v) is 4.92. The van der Waals surface area contributed by atoms with Gasteiger partial charge in [-0.25, -0.2) is 17.9 Å². The highest BCUT2D eigenvalue weighted by molar-refractivity contribution is 7.89. The minimum atomic E-state index is -3.76. The van der Waals surface area contributed by atoms with E-state index in [9.17, 15) is 13.2 Å². The zero-order chi connectivity index (χ0) is 16.5. The summed E-state index contributed by atoms with van der Waals surface area (Å²) in [5, 5.41) is 0. The molecular formula is C14H18N2O5S. The van der Waals surface area contributed by atoms with Crippen molar-refractivity contribution in [3.8, 4) is 0 Å². The Morgan fingerprint density at radius 2 is 2.05 bits per heavy atom. The molecule has 2 heterocycles. The van der Waals surface area contributed by atoms with Gasteiger partial charge in [-0.2, -0.15) is 0 Å². The van der Waals surface area contributed by atoms with Crippen LogP contribution in [0.4, 0.5) is 0 Å². The Bertz CT molecular complexity index is 801. The molecule has 0 spiro atoms. The van der Waals surface area contributed by atoms with E-state index in [1.54, 1.807) is 33.0 Å². The lowest BCUT2D eigenvalue weighted by atomic mass is 10.4. The van der Waals surface area contributed by atoms with E-state index in [1.165, 1.54) is 17.7 Å². The predicted octanol–water partition coefficient (Wildman–Crippen LogP) is 1.50. The minimum Gasteiger partial charge on any atom is -0.465 e.